The SMILES string of the molecule is Cc1cc2nc(NN)sc2c(C)c1NC(=O)c1cncc(Br)c1. The minimum Gasteiger partial charge on any atom is -0.321 e. The standard InChI is InChI=1S/C15H14BrN5OS/c1-7-3-11-13(23-15(19-11)21-17)8(2)12(7)20-14(22)9-4-10(16)6-18-5-9/h3-6H,17H2,1-2H3,(H,19,21)(H,20,22). The summed E-state index contributed by atoms with van der Waals surface area (Å²) >= 11 is 4.77. The van der Waals surface area contributed by atoms with Crippen molar-refractivity contribution in [2.24, 2.45) is 5.84 Å². The van der Waals surface area contributed by atoms with Crippen molar-refractivity contribution in [1.82, 2.24) is 9.97 Å². The van der Waals surface area contributed by atoms with Crippen LogP contribution in [-0.2, 0) is 0 Å². The number of rotatable bonds is 3. The van der Waals surface area contributed by atoms with Crippen LogP contribution in [0.25, 0.3) is 10.2 Å². The molecule has 0 radical (unpaired) electrons. The van der Waals surface area contributed by atoms with E-state index < -0.39 is 0 Å². The van der Waals surface area contributed by atoms with Crippen molar-refractivity contribution in [3.05, 3.63) is 45.7 Å². The number of nitrogens with zero attached hydrogens (tertiary/aromatic N) is 2. The molecule has 4 N–H and O–H groups in total. The molecular formula is C15H14BrN5OS. The van der Waals surface area contributed by atoms with Crippen LogP contribution < -0.4 is 16.6 Å². The number of halogens is 1. The molecule has 0 unspecified atom stereocenters. The molecule has 0 aliphatic heterocycles. The van der Waals surface area contributed by atoms with Crippen molar-refractivity contribution < 1.29 is 4.79 Å². The van der Waals surface area contributed by atoms with Crippen molar-refractivity contribution >= 4 is 54.2 Å². The summed E-state index contributed by atoms with van der Waals surface area (Å²) in [5, 5.41) is 3.61. The van der Waals surface area contributed by atoms with Crippen LogP contribution >= 0.6 is 27.3 Å². The lowest BCUT2D eigenvalue weighted by Gasteiger charge is -2.12. The summed E-state index contributed by atoms with van der Waals surface area (Å²) in [6.07, 6.45) is 3.17. The van der Waals surface area contributed by atoms with Crippen molar-refractivity contribution in [1.29, 1.82) is 0 Å². The monoisotopic (exact) mass is 391 g/mol. The summed E-state index contributed by atoms with van der Waals surface area (Å²) in [5.74, 6) is 5.22. The molecule has 2 heterocycles. The third kappa shape index (κ3) is 3.05. The normalized spacial score (nSPS) is 10.8. The lowest BCUT2D eigenvalue weighted by Crippen LogP contribution is -2.14. The number of aromatic nitrogens is 2. The number of benzene rings is 1. The van der Waals surface area contributed by atoms with Gasteiger partial charge in [-0.15, -0.1) is 0 Å². The van der Waals surface area contributed by atoms with Gasteiger partial charge in [-0.3, -0.25) is 15.2 Å². The van der Waals surface area contributed by atoms with E-state index in [2.05, 4.69) is 36.6 Å². The summed E-state index contributed by atoms with van der Waals surface area (Å²) in [7, 11) is 0. The maximum absolute atomic E-state index is 12.5. The summed E-state index contributed by atoms with van der Waals surface area (Å²) < 4.78 is 1.75. The van der Waals surface area contributed by atoms with E-state index in [0.717, 1.165) is 31.5 Å². The van der Waals surface area contributed by atoms with Crippen LogP contribution in [0.15, 0.2) is 29.0 Å². The fourth-order valence-electron chi connectivity index (χ4n) is 2.36. The van der Waals surface area contributed by atoms with Crippen LogP contribution in [0.4, 0.5) is 10.8 Å². The predicted octanol–water partition coefficient (Wildman–Crippen LogP) is 3.61. The van der Waals surface area contributed by atoms with Gasteiger partial charge in [0, 0.05) is 22.6 Å². The molecule has 1 amide bonds. The van der Waals surface area contributed by atoms with Gasteiger partial charge in [-0.25, -0.2) is 10.8 Å². The molecule has 0 spiro atoms. The van der Waals surface area contributed by atoms with E-state index in [0.29, 0.717) is 10.7 Å². The van der Waals surface area contributed by atoms with Crippen molar-refractivity contribution in [3.63, 3.8) is 0 Å². The van der Waals surface area contributed by atoms with E-state index >= 15 is 0 Å². The van der Waals surface area contributed by atoms with E-state index in [-0.39, 0.29) is 5.91 Å². The number of hydrazine groups is 1. The van der Waals surface area contributed by atoms with Crippen LogP contribution in [0.1, 0.15) is 21.5 Å². The van der Waals surface area contributed by atoms with Gasteiger partial charge in [-0.2, -0.15) is 0 Å². The first kappa shape index (κ1) is 15.9. The zero-order valence-electron chi connectivity index (χ0n) is 12.5. The van der Waals surface area contributed by atoms with Crippen LogP contribution in [0.5, 0.6) is 0 Å². The Labute approximate surface area is 145 Å². The average molecular weight is 392 g/mol. The summed E-state index contributed by atoms with van der Waals surface area (Å²) in [4.78, 5) is 20.9. The van der Waals surface area contributed by atoms with Gasteiger partial charge < -0.3 is 5.32 Å². The second-order valence-electron chi connectivity index (χ2n) is 5.05. The van der Waals surface area contributed by atoms with Gasteiger partial charge in [0.25, 0.3) is 5.91 Å². The fraction of sp³-hybridized carbons (Fsp3) is 0.133. The van der Waals surface area contributed by atoms with Crippen molar-refractivity contribution in [2.75, 3.05) is 10.7 Å². The Morgan fingerprint density at radius 3 is 2.78 bits per heavy atom. The van der Waals surface area contributed by atoms with E-state index in [4.69, 9.17) is 5.84 Å². The Morgan fingerprint density at radius 1 is 1.30 bits per heavy atom. The molecule has 23 heavy (non-hydrogen) atoms. The zero-order chi connectivity index (χ0) is 16.6. The molecule has 0 aliphatic rings. The number of amides is 1. The third-order valence-electron chi connectivity index (χ3n) is 3.45. The first-order chi connectivity index (χ1) is 11.0. The summed E-state index contributed by atoms with van der Waals surface area (Å²) in [6.45, 7) is 3.90. The molecule has 0 atom stereocenters. The minimum atomic E-state index is -0.203. The van der Waals surface area contributed by atoms with E-state index in [1.165, 1.54) is 17.5 Å². The van der Waals surface area contributed by atoms with Gasteiger partial charge in [0.05, 0.1) is 15.8 Å². The molecule has 0 aliphatic carbocycles. The number of nitrogens with two attached hydrogens (primary N) is 1. The van der Waals surface area contributed by atoms with E-state index in [9.17, 15) is 4.79 Å². The Morgan fingerprint density at radius 2 is 2.09 bits per heavy atom. The van der Waals surface area contributed by atoms with Gasteiger partial charge in [0.15, 0.2) is 5.13 Å². The number of hydrogen-bond donors (Lipinski definition) is 3. The highest BCUT2D eigenvalue weighted by Crippen LogP contribution is 2.35. The van der Waals surface area contributed by atoms with E-state index in [1.807, 2.05) is 19.9 Å². The highest BCUT2D eigenvalue weighted by molar-refractivity contribution is 9.10. The Bertz CT molecular complexity index is 908. The molecule has 0 saturated heterocycles. The first-order valence-electron chi connectivity index (χ1n) is 6.79. The van der Waals surface area contributed by atoms with Crippen LogP contribution in [0, 0.1) is 13.8 Å². The van der Waals surface area contributed by atoms with Gasteiger partial charge in [0.1, 0.15) is 0 Å². The molecule has 0 saturated carbocycles. The zero-order valence-corrected chi connectivity index (χ0v) is 14.9. The highest BCUT2D eigenvalue weighted by Gasteiger charge is 2.15. The van der Waals surface area contributed by atoms with Crippen molar-refractivity contribution in [2.45, 2.75) is 13.8 Å². The number of pyridine rings is 1. The average Bonchev–Trinajstić information content (AvgIpc) is 2.94. The number of nitrogen functional groups attached to an aromatic ring is 1. The van der Waals surface area contributed by atoms with Crippen LogP contribution in [0.2, 0.25) is 0 Å². The lowest BCUT2D eigenvalue weighted by atomic mass is 10.1. The molecule has 8 heteroatoms. The molecule has 1 aromatic carbocycles. The van der Waals surface area contributed by atoms with Crippen molar-refractivity contribution in [3.8, 4) is 0 Å². The number of thiazole rings is 1. The van der Waals surface area contributed by atoms with Gasteiger partial charge in [0.2, 0.25) is 0 Å². The maximum Gasteiger partial charge on any atom is 0.257 e. The maximum atomic E-state index is 12.5. The third-order valence-corrected chi connectivity index (χ3v) is 5.00. The van der Waals surface area contributed by atoms with Crippen LogP contribution in [0.3, 0.4) is 0 Å². The quantitative estimate of drug-likeness (QED) is 0.468. The predicted molar refractivity (Wildman–Crippen MR) is 96.8 cm³/mol. The molecule has 0 fully saturated rings. The Hall–Kier alpha value is -2.03. The Balaban J connectivity index is 2.01. The summed E-state index contributed by atoms with van der Waals surface area (Å²) in [6, 6.07) is 3.67. The number of aryl methyl sites for hydroxylation is 2. The van der Waals surface area contributed by atoms with Gasteiger partial charge in [-0.1, -0.05) is 11.3 Å². The molecule has 118 valence electrons. The second-order valence-corrected chi connectivity index (χ2v) is 6.97. The molecule has 2 aromatic heterocycles. The molecular weight excluding hydrogens is 378 g/mol. The molecule has 6 nitrogen and oxygen atoms in total. The topological polar surface area (TPSA) is 92.9 Å². The van der Waals surface area contributed by atoms with Gasteiger partial charge >= 0.3 is 0 Å². The number of hydrogen-bond acceptors (Lipinski definition) is 6. The van der Waals surface area contributed by atoms with E-state index in [1.54, 1.807) is 12.3 Å². The number of carbonyl (C=O) groups is 1. The number of fused-ring (bicyclic) bond motifs is 1. The summed E-state index contributed by atoms with van der Waals surface area (Å²) in [5.41, 5.74) is 6.61. The largest absolute Gasteiger partial charge is 0.321 e. The first-order valence-corrected chi connectivity index (χ1v) is 8.40. The number of nitrogens with one attached hydrogen (secondary N) is 2. The van der Waals surface area contributed by atoms with Gasteiger partial charge in [-0.05, 0) is 53.0 Å². The van der Waals surface area contributed by atoms with Crippen LogP contribution in [-0.4, -0.2) is 15.9 Å². The number of carbonyl (C=O) groups excluding carboxylic acids is 1. The lowest BCUT2D eigenvalue weighted by molar-refractivity contribution is 0.102. The Kier molecular flexibility index (Phi) is 4.29. The fourth-order valence-corrected chi connectivity index (χ4v) is 3.59. The smallest absolute Gasteiger partial charge is 0.257 e. The molecule has 3 rings (SSSR count). The molecule has 3 aromatic rings. The number of anilines is 2. The second kappa shape index (κ2) is 6.23. The molecule has 0 bridgehead atoms. The highest BCUT2D eigenvalue weighted by atomic mass is 79.9. The minimum absolute atomic E-state index is 0.203.